The molecular weight excluding hydrogens is 242 g/mol. The van der Waals surface area contributed by atoms with Crippen LogP contribution in [-0.4, -0.2) is 49.9 Å². The molecule has 0 unspecified atom stereocenters. The van der Waals surface area contributed by atoms with Crippen LogP contribution >= 0.6 is 0 Å². The second kappa shape index (κ2) is 4.47. The Morgan fingerprint density at radius 1 is 1.32 bits per heavy atom. The smallest absolute Gasteiger partial charge is 0.236 e. The number of hydrogen-bond acceptors (Lipinski definition) is 3. The molecule has 0 bridgehead atoms. The third kappa shape index (κ3) is 2.24. The molecule has 2 heterocycles. The first-order chi connectivity index (χ1) is 9.06. The zero-order chi connectivity index (χ0) is 13.5. The lowest BCUT2D eigenvalue weighted by atomic mass is 9.49. The number of nitrogens with zero attached hydrogens (tertiary/aromatic N) is 1. The maximum absolute atomic E-state index is 11.8. The highest BCUT2D eigenvalue weighted by Crippen LogP contribution is 2.61. The highest BCUT2D eigenvalue weighted by atomic mass is 16.2. The van der Waals surface area contributed by atoms with Gasteiger partial charge in [-0.25, -0.2) is 0 Å². The molecule has 2 N–H and O–H groups in total. The highest BCUT2D eigenvalue weighted by Gasteiger charge is 2.57. The van der Waals surface area contributed by atoms with Crippen LogP contribution in [0.4, 0.5) is 0 Å². The van der Waals surface area contributed by atoms with E-state index in [-0.39, 0.29) is 17.2 Å². The van der Waals surface area contributed by atoms with Crippen LogP contribution in [0.15, 0.2) is 0 Å². The van der Waals surface area contributed by atoms with Gasteiger partial charge >= 0.3 is 0 Å². The summed E-state index contributed by atoms with van der Waals surface area (Å²) in [7, 11) is 1.81. The number of rotatable bonds is 2. The van der Waals surface area contributed by atoms with Crippen molar-refractivity contribution in [2.75, 3.05) is 33.2 Å². The number of carbonyl (C=O) groups is 2. The fraction of sp³-hybridized carbons (Fsp3) is 0.857. The summed E-state index contributed by atoms with van der Waals surface area (Å²) in [4.78, 5) is 25.2. The Morgan fingerprint density at radius 3 is 2.53 bits per heavy atom. The van der Waals surface area contributed by atoms with Crippen LogP contribution in [0.2, 0.25) is 0 Å². The van der Waals surface area contributed by atoms with Crippen molar-refractivity contribution in [3.05, 3.63) is 0 Å². The molecule has 0 aromatic rings. The van der Waals surface area contributed by atoms with Crippen molar-refractivity contribution in [1.82, 2.24) is 15.5 Å². The Morgan fingerprint density at radius 2 is 2.00 bits per heavy atom. The van der Waals surface area contributed by atoms with Crippen molar-refractivity contribution < 1.29 is 9.59 Å². The topological polar surface area (TPSA) is 61.4 Å². The summed E-state index contributed by atoms with van der Waals surface area (Å²) >= 11 is 0. The molecule has 1 aliphatic carbocycles. The molecule has 0 atom stereocenters. The molecule has 3 rings (SSSR count). The van der Waals surface area contributed by atoms with Gasteiger partial charge in [0.15, 0.2) is 0 Å². The van der Waals surface area contributed by atoms with Crippen LogP contribution < -0.4 is 10.6 Å². The van der Waals surface area contributed by atoms with Crippen LogP contribution in [0.5, 0.6) is 0 Å². The van der Waals surface area contributed by atoms with Crippen LogP contribution in [-0.2, 0) is 9.59 Å². The monoisotopic (exact) mass is 265 g/mol. The number of carbonyl (C=O) groups excluding carboxylic acids is 2. The van der Waals surface area contributed by atoms with Gasteiger partial charge in [-0.1, -0.05) is 0 Å². The van der Waals surface area contributed by atoms with E-state index in [2.05, 4.69) is 10.6 Å². The van der Waals surface area contributed by atoms with Gasteiger partial charge in [-0.05, 0) is 43.6 Å². The number of nitrogens with one attached hydrogen (secondary N) is 2. The molecule has 2 aliphatic heterocycles. The second-order valence-electron chi connectivity index (χ2n) is 6.72. The van der Waals surface area contributed by atoms with E-state index < -0.39 is 0 Å². The van der Waals surface area contributed by atoms with Crippen molar-refractivity contribution in [2.45, 2.75) is 32.1 Å². The second-order valence-corrected chi connectivity index (χ2v) is 6.72. The number of likely N-dealkylation sites (tertiary alicyclic amines) is 1. The average Bonchev–Trinajstić information content (AvgIpc) is 2.72. The summed E-state index contributed by atoms with van der Waals surface area (Å²) < 4.78 is 0. The van der Waals surface area contributed by atoms with E-state index in [0.29, 0.717) is 12.0 Å². The normalized spacial score (nSPS) is 27.4. The van der Waals surface area contributed by atoms with Crippen LogP contribution in [0.25, 0.3) is 0 Å². The lowest BCUT2D eigenvalue weighted by molar-refractivity contribution is -0.137. The largest absolute Gasteiger partial charge is 0.356 e. The van der Waals surface area contributed by atoms with Crippen molar-refractivity contribution >= 4 is 11.8 Å². The van der Waals surface area contributed by atoms with Gasteiger partial charge in [0.25, 0.3) is 0 Å². The van der Waals surface area contributed by atoms with Gasteiger partial charge in [-0.15, -0.1) is 0 Å². The maximum Gasteiger partial charge on any atom is 0.236 e. The van der Waals surface area contributed by atoms with E-state index in [4.69, 9.17) is 0 Å². The van der Waals surface area contributed by atoms with Gasteiger partial charge in [0.05, 0.1) is 6.54 Å². The van der Waals surface area contributed by atoms with E-state index in [9.17, 15) is 9.59 Å². The van der Waals surface area contributed by atoms with E-state index in [1.54, 1.807) is 0 Å². The van der Waals surface area contributed by atoms with Gasteiger partial charge in [-0.2, -0.15) is 0 Å². The molecule has 19 heavy (non-hydrogen) atoms. The fourth-order valence-electron chi connectivity index (χ4n) is 4.39. The number of likely N-dealkylation sites (N-methyl/N-ethyl adjacent to an activating group) is 1. The minimum absolute atomic E-state index is 0.212. The Bertz CT molecular complexity index is 391. The first-order valence-electron chi connectivity index (χ1n) is 7.26. The van der Waals surface area contributed by atoms with E-state index in [1.807, 2.05) is 11.9 Å². The predicted molar refractivity (Wildman–Crippen MR) is 71.5 cm³/mol. The Balaban J connectivity index is 1.52. The Kier molecular flexibility index (Phi) is 3.04. The molecule has 3 aliphatic rings. The first kappa shape index (κ1) is 12.9. The minimum Gasteiger partial charge on any atom is -0.356 e. The molecular formula is C14H23N3O2. The van der Waals surface area contributed by atoms with E-state index >= 15 is 0 Å². The molecule has 0 radical (unpaired) electrons. The van der Waals surface area contributed by atoms with Crippen molar-refractivity contribution in [2.24, 2.45) is 10.8 Å². The minimum atomic E-state index is 0.212. The molecule has 0 aromatic heterocycles. The quantitative estimate of drug-likeness (QED) is 0.745. The lowest BCUT2D eigenvalue weighted by Crippen LogP contribution is -2.54. The summed E-state index contributed by atoms with van der Waals surface area (Å²) in [5.74, 6) is 0.431. The molecule has 5 nitrogen and oxygen atoms in total. The SMILES string of the molecule is CNCC(=O)N1CCC2(CC1)CC1(CNC(=O)C1)C2. The van der Waals surface area contributed by atoms with Crippen molar-refractivity contribution in [1.29, 1.82) is 0 Å². The average molecular weight is 265 g/mol. The Labute approximate surface area is 114 Å². The Hall–Kier alpha value is -1.10. The van der Waals surface area contributed by atoms with Gasteiger partial charge in [0, 0.05) is 26.1 Å². The highest BCUT2D eigenvalue weighted by molar-refractivity contribution is 5.79. The molecule has 2 amide bonds. The summed E-state index contributed by atoms with van der Waals surface area (Å²) in [6.07, 6.45) is 5.29. The van der Waals surface area contributed by atoms with E-state index in [1.165, 1.54) is 12.8 Å². The van der Waals surface area contributed by atoms with Gasteiger partial charge in [0.2, 0.25) is 11.8 Å². The number of amides is 2. The number of hydrogen-bond donors (Lipinski definition) is 2. The van der Waals surface area contributed by atoms with Crippen molar-refractivity contribution in [3.63, 3.8) is 0 Å². The molecule has 5 heteroatoms. The van der Waals surface area contributed by atoms with Crippen LogP contribution in [0.1, 0.15) is 32.1 Å². The lowest BCUT2D eigenvalue weighted by Gasteiger charge is -2.57. The fourth-order valence-corrected chi connectivity index (χ4v) is 4.39. The van der Waals surface area contributed by atoms with E-state index in [0.717, 1.165) is 38.9 Å². The summed E-state index contributed by atoms with van der Waals surface area (Å²) in [6, 6.07) is 0. The molecule has 106 valence electrons. The third-order valence-electron chi connectivity index (χ3n) is 5.20. The maximum atomic E-state index is 11.8. The molecule has 2 spiro atoms. The third-order valence-corrected chi connectivity index (χ3v) is 5.20. The first-order valence-corrected chi connectivity index (χ1v) is 7.26. The molecule has 3 fully saturated rings. The van der Waals surface area contributed by atoms with Gasteiger partial charge in [0.1, 0.15) is 0 Å². The van der Waals surface area contributed by atoms with Crippen LogP contribution in [0, 0.1) is 10.8 Å². The summed E-state index contributed by atoms with van der Waals surface area (Å²) in [5, 5.41) is 5.89. The van der Waals surface area contributed by atoms with Crippen molar-refractivity contribution in [3.8, 4) is 0 Å². The number of piperidine rings is 1. The summed E-state index contributed by atoms with van der Waals surface area (Å²) in [5.41, 5.74) is 0.678. The standard InChI is InChI=1S/C14H23N3O2/c1-15-7-12(19)17-4-2-13(3-5-17)8-14(9-13)6-11(18)16-10-14/h15H,2-10H2,1H3,(H,16,18). The zero-order valence-electron chi connectivity index (χ0n) is 11.6. The predicted octanol–water partition coefficient (Wildman–Crippen LogP) is 0.115. The van der Waals surface area contributed by atoms with Gasteiger partial charge in [-0.3, -0.25) is 9.59 Å². The molecule has 1 saturated carbocycles. The van der Waals surface area contributed by atoms with Crippen LogP contribution in [0.3, 0.4) is 0 Å². The zero-order valence-corrected chi connectivity index (χ0v) is 11.6. The molecule has 0 aromatic carbocycles. The molecule has 2 saturated heterocycles. The van der Waals surface area contributed by atoms with Gasteiger partial charge < -0.3 is 15.5 Å². The summed E-state index contributed by atoms with van der Waals surface area (Å²) in [6.45, 7) is 3.08.